The smallest absolute Gasteiger partial charge is 0.258 e. The van der Waals surface area contributed by atoms with Gasteiger partial charge in [-0.15, -0.1) is 0 Å². The topological polar surface area (TPSA) is 49.4 Å². The van der Waals surface area contributed by atoms with Crippen LogP contribution in [0.2, 0.25) is 0 Å². The van der Waals surface area contributed by atoms with Crippen LogP contribution < -0.4 is 10.2 Å². The molecule has 0 fully saturated rings. The highest BCUT2D eigenvalue weighted by atomic mass is 19.1. The van der Waals surface area contributed by atoms with Gasteiger partial charge >= 0.3 is 0 Å². The van der Waals surface area contributed by atoms with Crippen LogP contribution in [0.15, 0.2) is 54.6 Å². The second-order valence-corrected chi connectivity index (χ2v) is 6.41. The molecule has 0 unspecified atom stereocenters. The lowest BCUT2D eigenvalue weighted by molar-refractivity contribution is -0.116. The van der Waals surface area contributed by atoms with Crippen molar-refractivity contribution in [1.82, 2.24) is 0 Å². The van der Waals surface area contributed by atoms with Gasteiger partial charge in [0, 0.05) is 30.0 Å². The van der Waals surface area contributed by atoms with Crippen molar-refractivity contribution in [3.05, 3.63) is 71.8 Å². The van der Waals surface area contributed by atoms with Gasteiger partial charge in [0.1, 0.15) is 11.6 Å². The summed E-state index contributed by atoms with van der Waals surface area (Å²) in [5, 5.41) is 4.36. The second kappa shape index (κ2) is 6.79. The molecular weight excluding hydrogens is 350 g/mol. The summed E-state index contributed by atoms with van der Waals surface area (Å²) in [7, 11) is 0. The Kier molecular flexibility index (Phi) is 4.32. The third kappa shape index (κ3) is 3.14. The molecule has 136 valence electrons. The number of rotatable bonds is 5. The number of carbonyl (C=O) groups is 2. The molecule has 3 aromatic carbocycles. The first kappa shape index (κ1) is 17.1. The van der Waals surface area contributed by atoms with E-state index in [0.29, 0.717) is 18.5 Å². The lowest BCUT2D eigenvalue weighted by atomic mass is 10.1. The lowest BCUT2D eigenvalue weighted by Gasteiger charge is -2.17. The molecular formula is C21H16F2N2O2. The molecule has 0 aromatic heterocycles. The lowest BCUT2D eigenvalue weighted by Crippen LogP contribution is -2.28. The van der Waals surface area contributed by atoms with Gasteiger partial charge in [-0.3, -0.25) is 9.59 Å². The zero-order valence-electron chi connectivity index (χ0n) is 14.3. The van der Waals surface area contributed by atoms with E-state index < -0.39 is 11.6 Å². The molecule has 1 aliphatic heterocycles. The van der Waals surface area contributed by atoms with Crippen LogP contribution in [-0.2, 0) is 4.79 Å². The Bertz CT molecular complexity index is 1060. The number of hydrogen-bond donors (Lipinski definition) is 1. The summed E-state index contributed by atoms with van der Waals surface area (Å²) < 4.78 is 26.5. The molecule has 2 amide bonds. The predicted molar refractivity (Wildman–Crippen MR) is 99.8 cm³/mol. The summed E-state index contributed by atoms with van der Waals surface area (Å²) in [6.45, 7) is 0.381. The maximum Gasteiger partial charge on any atom is 0.258 e. The first-order valence-electron chi connectivity index (χ1n) is 8.63. The average molecular weight is 366 g/mol. The van der Waals surface area contributed by atoms with Crippen molar-refractivity contribution < 1.29 is 18.4 Å². The number of amides is 2. The summed E-state index contributed by atoms with van der Waals surface area (Å²) in [5.41, 5.74) is 1.45. The van der Waals surface area contributed by atoms with E-state index in [1.165, 1.54) is 6.07 Å². The van der Waals surface area contributed by atoms with Gasteiger partial charge in [0.05, 0.1) is 11.4 Å². The number of anilines is 2. The minimum absolute atomic E-state index is 0.0594. The van der Waals surface area contributed by atoms with Gasteiger partial charge in [0.2, 0.25) is 5.91 Å². The fourth-order valence-electron chi connectivity index (χ4n) is 3.40. The van der Waals surface area contributed by atoms with Crippen molar-refractivity contribution in [3.8, 4) is 0 Å². The summed E-state index contributed by atoms with van der Waals surface area (Å²) in [4.78, 5) is 26.4. The Morgan fingerprint density at radius 2 is 1.81 bits per heavy atom. The van der Waals surface area contributed by atoms with Crippen LogP contribution in [0.3, 0.4) is 0 Å². The number of carbonyl (C=O) groups excluding carboxylic acids is 2. The van der Waals surface area contributed by atoms with Crippen molar-refractivity contribution >= 4 is 34.0 Å². The third-order valence-corrected chi connectivity index (χ3v) is 4.64. The van der Waals surface area contributed by atoms with Crippen molar-refractivity contribution in [1.29, 1.82) is 0 Å². The van der Waals surface area contributed by atoms with Crippen molar-refractivity contribution in [2.75, 3.05) is 16.8 Å². The van der Waals surface area contributed by atoms with Gasteiger partial charge in [0.15, 0.2) is 0 Å². The van der Waals surface area contributed by atoms with E-state index in [1.54, 1.807) is 11.0 Å². The van der Waals surface area contributed by atoms with E-state index in [-0.39, 0.29) is 23.9 Å². The standard InChI is InChI=1S/C21H16F2N2O2/c22-14-9-10-17(16(23)12-14)24-19(26)8-3-11-25-18-7-2-5-13-4-1-6-15(20(13)18)21(25)27/h1-2,4-7,9-10,12H,3,8,11H2,(H,24,26). The van der Waals surface area contributed by atoms with Crippen LogP contribution in [0, 0.1) is 11.6 Å². The maximum atomic E-state index is 13.6. The molecule has 27 heavy (non-hydrogen) atoms. The molecule has 1 aliphatic rings. The van der Waals surface area contributed by atoms with E-state index >= 15 is 0 Å². The summed E-state index contributed by atoms with van der Waals surface area (Å²) in [6, 6.07) is 14.4. The molecule has 0 bridgehead atoms. The highest BCUT2D eigenvalue weighted by Crippen LogP contribution is 2.37. The number of halogens is 2. The first-order chi connectivity index (χ1) is 13.0. The number of nitrogens with zero attached hydrogens (tertiary/aromatic N) is 1. The molecule has 1 heterocycles. The van der Waals surface area contributed by atoms with Crippen LogP contribution in [0.5, 0.6) is 0 Å². The number of nitrogens with one attached hydrogen (secondary N) is 1. The zero-order valence-corrected chi connectivity index (χ0v) is 14.3. The first-order valence-corrected chi connectivity index (χ1v) is 8.63. The number of hydrogen-bond acceptors (Lipinski definition) is 2. The molecule has 0 aliphatic carbocycles. The van der Waals surface area contributed by atoms with Crippen LogP contribution in [-0.4, -0.2) is 18.4 Å². The molecule has 0 saturated carbocycles. The van der Waals surface area contributed by atoms with Gasteiger partial charge in [-0.2, -0.15) is 0 Å². The van der Waals surface area contributed by atoms with Gasteiger partial charge in [-0.1, -0.05) is 24.3 Å². The second-order valence-electron chi connectivity index (χ2n) is 6.41. The highest BCUT2D eigenvalue weighted by molar-refractivity contribution is 6.25. The van der Waals surface area contributed by atoms with Gasteiger partial charge in [-0.05, 0) is 36.1 Å². The van der Waals surface area contributed by atoms with E-state index in [1.807, 2.05) is 30.3 Å². The van der Waals surface area contributed by atoms with Crippen LogP contribution >= 0.6 is 0 Å². The van der Waals surface area contributed by atoms with Crippen LogP contribution in [0.1, 0.15) is 23.2 Å². The van der Waals surface area contributed by atoms with E-state index in [2.05, 4.69) is 5.32 Å². The average Bonchev–Trinajstić information content (AvgIpc) is 2.92. The quantitative estimate of drug-likeness (QED) is 0.723. The van der Waals surface area contributed by atoms with Gasteiger partial charge in [0.25, 0.3) is 5.91 Å². The molecule has 4 nitrogen and oxygen atoms in total. The Morgan fingerprint density at radius 1 is 1.04 bits per heavy atom. The molecule has 0 radical (unpaired) electrons. The zero-order chi connectivity index (χ0) is 19.0. The van der Waals surface area contributed by atoms with Crippen molar-refractivity contribution in [3.63, 3.8) is 0 Å². The minimum atomic E-state index is -0.819. The van der Waals surface area contributed by atoms with E-state index in [4.69, 9.17) is 0 Å². The molecule has 4 rings (SSSR count). The van der Waals surface area contributed by atoms with Gasteiger partial charge < -0.3 is 10.2 Å². The van der Waals surface area contributed by atoms with Crippen LogP contribution in [0.4, 0.5) is 20.2 Å². The predicted octanol–water partition coefficient (Wildman–Crippen LogP) is 4.50. The fourth-order valence-corrected chi connectivity index (χ4v) is 3.40. The third-order valence-electron chi connectivity index (χ3n) is 4.64. The summed E-state index contributed by atoms with van der Waals surface area (Å²) in [6.07, 6.45) is 0.539. The monoisotopic (exact) mass is 366 g/mol. The minimum Gasteiger partial charge on any atom is -0.324 e. The normalized spacial score (nSPS) is 12.7. The molecule has 6 heteroatoms. The molecule has 0 saturated heterocycles. The molecule has 0 atom stereocenters. The van der Waals surface area contributed by atoms with E-state index in [0.717, 1.165) is 28.6 Å². The largest absolute Gasteiger partial charge is 0.324 e. The van der Waals surface area contributed by atoms with Gasteiger partial charge in [-0.25, -0.2) is 8.78 Å². The summed E-state index contributed by atoms with van der Waals surface area (Å²) >= 11 is 0. The Morgan fingerprint density at radius 3 is 2.59 bits per heavy atom. The fraction of sp³-hybridized carbons (Fsp3) is 0.143. The van der Waals surface area contributed by atoms with E-state index in [9.17, 15) is 18.4 Å². The Hall–Kier alpha value is -3.28. The number of benzene rings is 3. The molecule has 3 aromatic rings. The molecule has 1 N–H and O–H groups in total. The Labute approximate surface area is 154 Å². The highest BCUT2D eigenvalue weighted by Gasteiger charge is 2.29. The van der Waals surface area contributed by atoms with Crippen molar-refractivity contribution in [2.24, 2.45) is 0 Å². The summed E-state index contributed by atoms with van der Waals surface area (Å²) in [5.74, 6) is -1.98. The van der Waals surface area contributed by atoms with Crippen LogP contribution in [0.25, 0.3) is 10.8 Å². The Balaban J connectivity index is 1.41. The maximum absolute atomic E-state index is 13.6. The van der Waals surface area contributed by atoms with Crippen molar-refractivity contribution in [2.45, 2.75) is 12.8 Å². The molecule has 0 spiro atoms. The SMILES string of the molecule is O=C(CCCN1C(=O)c2cccc3cccc1c23)Nc1ccc(F)cc1F.